The molecule has 1 aliphatic carbocycles. The van der Waals surface area contributed by atoms with E-state index in [9.17, 15) is 8.42 Å². The Bertz CT molecular complexity index is 995. The predicted molar refractivity (Wildman–Crippen MR) is 89.6 cm³/mol. The SMILES string of the molecule is Cc1noc(C)c1-c1ccc(S(=O)(=O)NCc2noc(C3CC3)n2)s1. The van der Waals surface area contributed by atoms with E-state index in [-0.39, 0.29) is 10.8 Å². The number of sulfonamides is 1. The van der Waals surface area contributed by atoms with Crippen LogP contribution in [0.1, 0.15) is 41.9 Å². The van der Waals surface area contributed by atoms with Gasteiger partial charge in [-0.3, -0.25) is 0 Å². The first-order valence-electron chi connectivity index (χ1n) is 7.79. The minimum atomic E-state index is -3.65. The number of rotatable bonds is 6. The van der Waals surface area contributed by atoms with Gasteiger partial charge in [-0.2, -0.15) is 4.98 Å². The summed E-state index contributed by atoms with van der Waals surface area (Å²) in [7, 11) is -3.65. The molecule has 1 N–H and O–H groups in total. The maximum atomic E-state index is 12.5. The molecule has 1 aliphatic rings. The third-order valence-corrected chi connectivity index (χ3v) is 6.95. The third-order valence-electron chi connectivity index (χ3n) is 3.96. The standard InChI is InChI=1S/C15H16N4O4S2/c1-8-14(9(2)22-18-8)11-5-6-13(24-11)25(20,21)16-7-12-17-15(23-19-12)10-3-4-10/h5-6,10,16H,3-4,7H2,1-2H3. The van der Waals surface area contributed by atoms with Crippen molar-refractivity contribution in [2.75, 3.05) is 0 Å². The molecule has 1 saturated carbocycles. The summed E-state index contributed by atoms with van der Waals surface area (Å²) in [6, 6.07) is 3.32. The van der Waals surface area contributed by atoms with E-state index in [0.29, 0.717) is 23.4 Å². The summed E-state index contributed by atoms with van der Waals surface area (Å²) in [5, 5.41) is 7.71. The Balaban J connectivity index is 1.50. The number of nitrogens with one attached hydrogen (secondary N) is 1. The molecule has 0 saturated heterocycles. The highest BCUT2D eigenvalue weighted by atomic mass is 32.2. The highest BCUT2D eigenvalue weighted by molar-refractivity contribution is 7.91. The maximum absolute atomic E-state index is 12.5. The molecule has 3 heterocycles. The fourth-order valence-corrected chi connectivity index (χ4v) is 4.98. The molecule has 8 nitrogen and oxygen atoms in total. The largest absolute Gasteiger partial charge is 0.361 e. The van der Waals surface area contributed by atoms with Crippen molar-refractivity contribution in [3.63, 3.8) is 0 Å². The topological polar surface area (TPSA) is 111 Å². The molecule has 0 spiro atoms. The normalized spacial score (nSPS) is 15.0. The number of aromatic nitrogens is 3. The second-order valence-electron chi connectivity index (χ2n) is 5.97. The van der Waals surface area contributed by atoms with Crippen molar-refractivity contribution in [2.45, 2.75) is 43.4 Å². The minimum absolute atomic E-state index is 0.00287. The fraction of sp³-hybridized carbons (Fsp3) is 0.400. The summed E-state index contributed by atoms with van der Waals surface area (Å²) in [4.78, 5) is 5.01. The highest BCUT2D eigenvalue weighted by Gasteiger charge is 2.30. The van der Waals surface area contributed by atoms with Crippen molar-refractivity contribution in [2.24, 2.45) is 0 Å². The first-order valence-corrected chi connectivity index (χ1v) is 10.1. The molecule has 4 rings (SSSR count). The van der Waals surface area contributed by atoms with Gasteiger partial charge < -0.3 is 9.05 Å². The lowest BCUT2D eigenvalue weighted by Gasteiger charge is -2.01. The molecule has 10 heteroatoms. The zero-order valence-corrected chi connectivity index (χ0v) is 15.3. The van der Waals surface area contributed by atoms with E-state index in [1.54, 1.807) is 19.1 Å². The number of nitrogens with zero attached hydrogens (tertiary/aromatic N) is 3. The van der Waals surface area contributed by atoms with Crippen LogP contribution < -0.4 is 4.72 Å². The second kappa shape index (κ2) is 6.04. The molecule has 0 aromatic carbocycles. The van der Waals surface area contributed by atoms with Crippen molar-refractivity contribution in [1.29, 1.82) is 0 Å². The summed E-state index contributed by atoms with van der Waals surface area (Å²) in [5.41, 5.74) is 1.56. The van der Waals surface area contributed by atoms with Crippen molar-refractivity contribution in [3.8, 4) is 10.4 Å². The van der Waals surface area contributed by atoms with Gasteiger partial charge in [0.25, 0.3) is 0 Å². The van der Waals surface area contributed by atoms with Gasteiger partial charge in [-0.1, -0.05) is 10.3 Å². The van der Waals surface area contributed by atoms with Gasteiger partial charge in [0.1, 0.15) is 9.97 Å². The minimum Gasteiger partial charge on any atom is -0.361 e. The van der Waals surface area contributed by atoms with E-state index < -0.39 is 10.0 Å². The van der Waals surface area contributed by atoms with Crippen LogP contribution in [0, 0.1) is 13.8 Å². The van der Waals surface area contributed by atoms with Crippen LogP contribution in [0.25, 0.3) is 10.4 Å². The first kappa shape index (κ1) is 16.4. The van der Waals surface area contributed by atoms with Gasteiger partial charge in [-0.15, -0.1) is 11.3 Å². The summed E-state index contributed by atoms with van der Waals surface area (Å²) in [6.45, 7) is 3.62. The molecule has 3 aromatic rings. The van der Waals surface area contributed by atoms with Crippen LogP contribution >= 0.6 is 11.3 Å². The first-order chi connectivity index (χ1) is 11.9. The summed E-state index contributed by atoms with van der Waals surface area (Å²) in [5.74, 6) is 1.93. The Hall–Kier alpha value is -2.04. The van der Waals surface area contributed by atoms with Gasteiger partial charge in [0.2, 0.25) is 15.9 Å². The van der Waals surface area contributed by atoms with Crippen LogP contribution in [-0.2, 0) is 16.6 Å². The van der Waals surface area contributed by atoms with E-state index >= 15 is 0 Å². The summed E-state index contributed by atoms with van der Waals surface area (Å²) >= 11 is 1.17. The van der Waals surface area contributed by atoms with Crippen LogP contribution in [0.4, 0.5) is 0 Å². The zero-order chi connectivity index (χ0) is 17.6. The average molecular weight is 380 g/mol. The highest BCUT2D eigenvalue weighted by Crippen LogP contribution is 2.39. The van der Waals surface area contributed by atoms with Gasteiger partial charge in [-0.25, -0.2) is 13.1 Å². The van der Waals surface area contributed by atoms with Gasteiger partial charge in [0.05, 0.1) is 17.8 Å². The number of hydrogen-bond acceptors (Lipinski definition) is 8. The van der Waals surface area contributed by atoms with Gasteiger partial charge >= 0.3 is 0 Å². The fourth-order valence-electron chi connectivity index (χ4n) is 2.50. The molecule has 1 fully saturated rings. The molecule has 0 aliphatic heterocycles. The van der Waals surface area contributed by atoms with Crippen LogP contribution in [0.15, 0.2) is 25.4 Å². The molecular formula is C15H16N4O4S2. The molecule has 132 valence electrons. The van der Waals surface area contributed by atoms with Crippen molar-refractivity contribution < 1.29 is 17.5 Å². The Morgan fingerprint density at radius 3 is 2.72 bits per heavy atom. The summed E-state index contributed by atoms with van der Waals surface area (Å²) in [6.07, 6.45) is 2.10. The lowest BCUT2D eigenvalue weighted by molar-refractivity contribution is 0.373. The van der Waals surface area contributed by atoms with Crippen molar-refractivity contribution >= 4 is 21.4 Å². The molecule has 0 radical (unpaired) electrons. The Kier molecular flexibility index (Phi) is 3.97. The van der Waals surface area contributed by atoms with Crippen LogP contribution in [0.3, 0.4) is 0 Å². The molecule has 3 aromatic heterocycles. The smallest absolute Gasteiger partial charge is 0.250 e. The van der Waals surface area contributed by atoms with Gasteiger partial charge in [-0.05, 0) is 38.8 Å². The molecule has 25 heavy (non-hydrogen) atoms. The Morgan fingerprint density at radius 2 is 2.04 bits per heavy atom. The molecule has 0 amide bonds. The summed E-state index contributed by atoms with van der Waals surface area (Å²) < 4.78 is 38.0. The van der Waals surface area contributed by atoms with E-state index in [0.717, 1.165) is 29.0 Å². The van der Waals surface area contributed by atoms with Crippen LogP contribution in [0.5, 0.6) is 0 Å². The van der Waals surface area contributed by atoms with E-state index in [1.165, 1.54) is 11.3 Å². The molecular weight excluding hydrogens is 364 g/mol. The number of thiophene rings is 1. The second-order valence-corrected chi connectivity index (χ2v) is 9.04. The monoisotopic (exact) mass is 380 g/mol. The zero-order valence-electron chi connectivity index (χ0n) is 13.6. The number of aryl methyl sites for hydroxylation is 2. The average Bonchev–Trinajstić information content (AvgIpc) is 2.97. The van der Waals surface area contributed by atoms with Crippen molar-refractivity contribution in [1.82, 2.24) is 20.0 Å². The van der Waals surface area contributed by atoms with E-state index in [1.807, 2.05) is 6.92 Å². The molecule has 0 unspecified atom stereocenters. The van der Waals surface area contributed by atoms with Crippen LogP contribution in [-0.4, -0.2) is 23.7 Å². The number of hydrogen-bond donors (Lipinski definition) is 1. The lowest BCUT2D eigenvalue weighted by atomic mass is 10.2. The van der Waals surface area contributed by atoms with Gasteiger partial charge in [0, 0.05) is 10.8 Å². The van der Waals surface area contributed by atoms with Crippen molar-refractivity contribution in [3.05, 3.63) is 35.3 Å². The van der Waals surface area contributed by atoms with Crippen LogP contribution in [0.2, 0.25) is 0 Å². The Labute approximate surface area is 148 Å². The molecule has 0 atom stereocenters. The quantitative estimate of drug-likeness (QED) is 0.700. The van der Waals surface area contributed by atoms with Gasteiger partial charge in [0.15, 0.2) is 5.82 Å². The maximum Gasteiger partial charge on any atom is 0.250 e. The van der Waals surface area contributed by atoms with E-state index in [4.69, 9.17) is 9.05 Å². The Morgan fingerprint density at radius 1 is 1.24 bits per heavy atom. The predicted octanol–water partition coefficient (Wildman–Crippen LogP) is 2.76. The lowest BCUT2D eigenvalue weighted by Crippen LogP contribution is -2.23. The van der Waals surface area contributed by atoms with E-state index in [2.05, 4.69) is 20.0 Å². The third kappa shape index (κ3) is 3.24. The molecule has 0 bridgehead atoms.